The summed E-state index contributed by atoms with van der Waals surface area (Å²) in [5.74, 6) is 1.30. The van der Waals surface area contributed by atoms with Crippen molar-refractivity contribution in [2.24, 2.45) is 0 Å². The smallest absolute Gasteiger partial charge is 0.219 e. The van der Waals surface area contributed by atoms with Crippen molar-refractivity contribution in [3.8, 4) is 11.6 Å². The van der Waals surface area contributed by atoms with E-state index >= 15 is 0 Å². The highest BCUT2D eigenvalue weighted by Gasteiger charge is 2.05. The zero-order valence-corrected chi connectivity index (χ0v) is 10.9. The summed E-state index contributed by atoms with van der Waals surface area (Å²) < 4.78 is 5.54. The maximum atomic E-state index is 5.90. The minimum Gasteiger partial charge on any atom is -0.439 e. The SMILES string of the molecule is ClCc1nc(Oc2cccc(Cl)c2)ccc1Cl. The molecule has 0 N–H and O–H groups in total. The number of aromatic nitrogens is 1. The zero-order valence-electron chi connectivity index (χ0n) is 8.66. The van der Waals surface area contributed by atoms with Gasteiger partial charge in [-0.1, -0.05) is 29.3 Å². The Hall–Kier alpha value is -0.960. The van der Waals surface area contributed by atoms with E-state index in [1.807, 2.05) is 0 Å². The molecule has 1 aromatic carbocycles. The van der Waals surface area contributed by atoms with E-state index in [2.05, 4.69) is 4.98 Å². The zero-order chi connectivity index (χ0) is 12.3. The van der Waals surface area contributed by atoms with Crippen molar-refractivity contribution in [1.29, 1.82) is 0 Å². The molecule has 0 amide bonds. The van der Waals surface area contributed by atoms with Crippen LogP contribution in [0.2, 0.25) is 10.0 Å². The third kappa shape index (κ3) is 3.25. The molecule has 0 bridgehead atoms. The van der Waals surface area contributed by atoms with Gasteiger partial charge in [-0.05, 0) is 24.3 Å². The first-order valence-corrected chi connectivity index (χ1v) is 6.13. The lowest BCUT2D eigenvalue weighted by molar-refractivity contribution is 0.461. The van der Waals surface area contributed by atoms with Crippen molar-refractivity contribution in [3.05, 3.63) is 52.1 Å². The summed E-state index contributed by atoms with van der Waals surface area (Å²) in [5.41, 5.74) is 0.591. The normalized spacial score (nSPS) is 10.3. The van der Waals surface area contributed by atoms with Gasteiger partial charge >= 0.3 is 0 Å². The summed E-state index contributed by atoms with van der Waals surface area (Å²) in [4.78, 5) is 4.19. The van der Waals surface area contributed by atoms with E-state index in [4.69, 9.17) is 39.5 Å². The number of rotatable bonds is 3. The van der Waals surface area contributed by atoms with Crippen LogP contribution in [0.1, 0.15) is 5.69 Å². The van der Waals surface area contributed by atoms with Crippen LogP contribution in [0.3, 0.4) is 0 Å². The minimum absolute atomic E-state index is 0.242. The number of nitrogens with zero attached hydrogens (tertiary/aromatic N) is 1. The van der Waals surface area contributed by atoms with E-state index < -0.39 is 0 Å². The number of hydrogen-bond donors (Lipinski definition) is 0. The predicted octanol–water partition coefficient (Wildman–Crippen LogP) is 4.92. The average molecular weight is 289 g/mol. The molecule has 0 saturated heterocycles. The van der Waals surface area contributed by atoms with Gasteiger partial charge in [-0.2, -0.15) is 0 Å². The van der Waals surface area contributed by atoms with E-state index in [0.717, 1.165) is 0 Å². The number of pyridine rings is 1. The Bertz CT molecular complexity index is 531. The number of alkyl halides is 1. The average Bonchev–Trinajstić information content (AvgIpc) is 2.32. The topological polar surface area (TPSA) is 22.1 Å². The van der Waals surface area contributed by atoms with Crippen molar-refractivity contribution in [1.82, 2.24) is 4.98 Å². The van der Waals surface area contributed by atoms with Crippen LogP contribution in [-0.4, -0.2) is 4.98 Å². The van der Waals surface area contributed by atoms with Gasteiger partial charge in [0.2, 0.25) is 5.88 Å². The standard InChI is InChI=1S/C12H8Cl3NO/c13-7-11-10(15)4-5-12(16-11)17-9-3-1-2-8(14)6-9/h1-6H,7H2. The van der Waals surface area contributed by atoms with Gasteiger partial charge in [-0.15, -0.1) is 11.6 Å². The molecule has 0 radical (unpaired) electrons. The van der Waals surface area contributed by atoms with Crippen LogP contribution in [0.4, 0.5) is 0 Å². The van der Waals surface area contributed by atoms with Gasteiger partial charge in [-0.25, -0.2) is 4.98 Å². The number of halogens is 3. The van der Waals surface area contributed by atoms with Gasteiger partial charge in [0.05, 0.1) is 16.6 Å². The lowest BCUT2D eigenvalue weighted by Crippen LogP contribution is -1.92. The minimum atomic E-state index is 0.242. The second-order valence-electron chi connectivity index (χ2n) is 3.27. The Morgan fingerprint density at radius 1 is 1.12 bits per heavy atom. The van der Waals surface area contributed by atoms with Crippen molar-refractivity contribution >= 4 is 34.8 Å². The highest BCUT2D eigenvalue weighted by atomic mass is 35.5. The highest BCUT2D eigenvalue weighted by molar-refractivity contribution is 6.32. The number of ether oxygens (including phenoxy) is 1. The van der Waals surface area contributed by atoms with E-state index in [1.54, 1.807) is 36.4 Å². The Labute approximate surface area is 114 Å². The summed E-state index contributed by atoms with van der Waals surface area (Å²) in [6.07, 6.45) is 0. The largest absolute Gasteiger partial charge is 0.439 e. The highest BCUT2D eigenvalue weighted by Crippen LogP contribution is 2.25. The Morgan fingerprint density at radius 3 is 2.65 bits per heavy atom. The maximum absolute atomic E-state index is 5.90. The van der Waals surface area contributed by atoms with Crippen LogP contribution >= 0.6 is 34.8 Å². The molecule has 0 aliphatic carbocycles. The molecule has 0 unspecified atom stereocenters. The summed E-state index contributed by atoms with van der Waals surface area (Å²) >= 11 is 17.5. The molecule has 0 spiro atoms. The van der Waals surface area contributed by atoms with Gasteiger partial charge in [0.1, 0.15) is 5.75 Å². The number of benzene rings is 1. The van der Waals surface area contributed by atoms with Crippen molar-refractivity contribution in [2.75, 3.05) is 0 Å². The molecule has 0 fully saturated rings. The summed E-state index contributed by atoms with van der Waals surface area (Å²) in [6.45, 7) is 0. The van der Waals surface area contributed by atoms with Gasteiger partial charge in [0.15, 0.2) is 0 Å². The summed E-state index contributed by atoms with van der Waals surface area (Å²) in [5, 5.41) is 1.13. The fraction of sp³-hybridized carbons (Fsp3) is 0.0833. The van der Waals surface area contributed by atoms with E-state index in [-0.39, 0.29) is 5.88 Å². The lowest BCUT2D eigenvalue weighted by atomic mass is 10.3. The van der Waals surface area contributed by atoms with Gasteiger partial charge < -0.3 is 4.74 Å². The molecule has 2 aromatic rings. The Balaban J connectivity index is 2.24. The molecule has 0 aliphatic rings. The maximum Gasteiger partial charge on any atom is 0.219 e. The quantitative estimate of drug-likeness (QED) is 0.748. The van der Waals surface area contributed by atoms with E-state index in [9.17, 15) is 0 Å². The fourth-order valence-corrected chi connectivity index (χ4v) is 1.89. The van der Waals surface area contributed by atoms with Crippen molar-refractivity contribution < 1.29 is 4.74 Å². The van der Waals surface area contributed by atoms with E-state index in [1.165, 1.54) is 0 Å². The summed E-state index contributed by atoms with van der Waals surface area (Å²) in [6, 6.07) is 10.5. The lowest BCUT2D eigenvalue weighted by Gasteiger charge is -2.06. The van der Waals surface area contributed by atoms with Gasteiger partial charge in [0, 0.05) is 11.1 Å². The molecule has 1 aromatic heterocycles. The van der Waals surface area contributed by atoms with Crippen LogP contribution in [-0.2, 0) is 5.88 Å². The van der Waals surface area contributed by atoms with Crippen LogP contribution < -0.4 is 4.74 Å². The summed E-state index contributed by atoms with van der Waals surface area (Å²) in [7, 11) is 0. The van der Waals surface area contributed by atoms with Crippen LogP contribution in [0.5, 0.6) is 11.6 Å². The molecule has 1 heterocycles. The molecule has 17 heavy (non-hydrogen) atoms. The van der Waals surface area contributed by atoms with E-state index in [0.29, 0.717) is 27.4 Å². The Kier molecular flexibility index (Phi) is 4.11. The molecule has 0 saturated carbocycles. The fourth-order valence-electron chi connectivity index (χ4n) is 1.27. The molecule has 88 valence electrons. The molecular formula is C12H8Cl3NO. The first-order chi connectivity index (χ1) is 8.19. The molecule has 2 nitrogen and oxygen atoms in total. The first kappa shape index (κ1) is 12.5. The molecular weight excluding hydrogens is 280 g/mol. The first-order valence-electron chi connectivity index (χ1n) is 4.84. The monoisotopic (exact) mass is 287 g/mol. The van der Waals surface area contributed by atoms with Gasteiger partial charge in [0.25, 0.3) is 0 Å². The molecule has 0 atom stereocenters. The molecule has 2 rings (SSSR count). The van der Waals surface area contributed by atoms with Crippen LogP contribution in [0.15, 0.2) is 36.4 Å². The van der Waals surface area contributed by atoms with Crippen molar-refractivity contribution in [3.63, 3.8) is 0 Å². The third-order valence-electron chi connectivity index (χ3n) is 2.04. The van der Waals surface area contributed by atoms with Crippen molar-refractivity contribution in [2.45, 2.75) is 5.88 Å². The third-order valence-corrected chi connectivity index (χ3v) is 2.87. The number of hydrogen-bond acceptors (Lipinski definition) is 2. The molecule has 0 aliphatic heterocycles. The molecule has 5 heteroatoms. The van der Waals surface area contributed by atoms with Gasteiger partial charge in [-0.3, -0.25) is 0 Å². The predicted molar refractivity (Wildman–Crippen MR) is 70.3 cm³/mol. The Morgan fingerprint density at radius 2 is 1.94 bits per heavy atom. The second-order valence-corrected chi connectivity index (χ2v) is 4.38. The van der Waals surface area contributed by atoms with Crippen LogP contribution in [0, 0.1) is 0 Å². The second kappa shape index (κ2) is 5.58. The van der Waals surface area contributed by atoms with Crippen LogP contribution in [0.25, 0.3) is 0 Å².